The lowest BCUT2D eigenvalue weighted by atomic mass is 10.00. The highest BCUT2D eigenvalue weighted by Gasteiger charge is 2.16. The Morgan fingerprint density at radius 2 is 1.69 bits per heavy atom. The molecule has 0 spiro atoms. The van der Waals surface area contributed by atoms with Crippen LogP contribution in [0.4, 0.5) is 0 Å². The molecule has 90 valence electrons. The van der Waals surface area contributed by atoms with E-state index < -0.39 is 12.1 Å². The highest BCUT2D eigenvalue weighted by Crippen LogP contribution is 2.27. The topological polar surface area (TPSA) is 64.7 Å². The largest absolute Gasteiger partial charge is 0.497 e. The third kappa shape index (κ3) is 2.87. The van der Waals surface area contributed by atoms with Crippen LogP contribution in [0.15, 0.2) is 18.2 Å². The number of methoxy groups -OCH3 is 2. The summed E-state index contributed by atoms with van der Waals surface area (Å²) < 4.78 is 10.3. The summed E-state index contributed by atoms with van der Waals surface area (Å²) in [6.07, 6.45) is 0.0533. The average molecular weight is 225 g/mol. The van der Waals surface area contributed by atoms with Gasteiger partial charge in [-0.1, -0.05) is 6.92 Å². The van der Waals surface area contributed by atoms with E-state index in [0.717, 1.165) is 5.56 Å². The Hall–Kier alpha value is -1.26. The molecular formula is C12H19NO3. The van der Waals surface area contributed by atoms with Crippen molar-refractivity contribution in [1.29, 1.82) is 0 Å². The molecule has 0 amide bonds. The van der Waals surface area contributed by atoms with Crippen molar-refractivity contribution in [3.05, 3.63) is 23.8 Å². The molecule has 0 aliphatic carbocycles. The number of hydrogen-bond donors (Lipinski definition) is 2. The zero-order valence-electron chi connectivity index (χ0n) is 9.93. The predicted molar refractivity (Wildman–Crippen MR) is 62.8 cm³/mol. The van der Waals surface area contributed by atoms with Gasteiger partial charge >= 0.3 is 0 Å². The van der Waals surface area contributed by atoms with Crippen molar-refractivity contribution >= 4 is 0 Å². The Morgan fingerprint density at radius 1 is 1.19 bits per heavy atom. The first kappa shape index (κ1) is 12.8. The van der Waals surface area contributed by atoms with Crippen LogP contribution in [0.3, 0.4) is 0 Å². The minimum absolute atomic E-state index is 0.422. The van der Waals surface area contributed by atoms with Gasteiger partial charge in [-0.3, -0.25) is 0 Å². The van der Waals surface area contributed by atoms with E-state index in [-0.39, 0.29) is 0 Å². The smallest absolute Gasteiger partial charge is 0.122 e. The first-order valence-corrected chi connectivity index (χ1v) is 5.29. The van der Waals surface area contributed by atoms with Crippen LogP contribution in [0.2, 0.25) is 0 Å². The molecule has 0 heterocycles. The van der Waals surface area contributed by atoms with Crippen LogP contribution in [-0.2, 0) is 0 Å². The number of hydrogen-bond acceptors (Lipinski definition) is 4. The lowest BCUT2D eigenvalue weighted by Gasteiger charge is -2.19. The van der Waals surface area contributed by atoms with Gasteiger partial charge in [-0.2, -0.15) is 0 Å². The maximum atomic E-state index is 9.70. The SMILES string of the molecule is CC[C@@H](O)[C@@H](N)c1cc(OC)cc(OC)c1. The number of benzene rings is 1. The summed E-state index contributed by atoms with van der Waals surface area (Å²) in [5.74, 6) is 1.35. The van der Waals surface area contributed by atoms with Crippen LogP contribution < -0.4 is 15.2 Å². The van der Waals surface area contributed by atoms with Gasteiger partial charge in [0.1, 0.15) is 11.5 Å². The third-order valence-corrected chi connectivity index (χ3v) is 2.59. The minimum atomic E-state index is -0.559. The van der Waals surface area contributed by atoms with E-state index in [1.54, 1.807) is 20.3 Å². The molecule has 1 aromatic rings. The van der Waals surface area contributed by atoms with Gasteiger partial charge in [0.25, 0.3) is 0 Å². The Balaban J connectivity index is 3.02. The fourth-order valence-corrected chi connectivity index (χ4v) is 1.50. The van der Waals surface area contributed by atoms with Crippen molar-refractivity contribution < 1.29 is 14.6 Å². The molecule has 2 atom stereocenters. The van der Waals surface area contributed by atoms with Crippen LogP contribution in [0, 0.1) is 0 Å². The van der Waals surface area contributed by atoms with Gasteiger partial charge in [0.15, 0.2) is 0 Å². The molecule has 0 aromatic heterocycles. The second-order valence-corrected chi connectivity index (χ2v) is 3.65. The standard InChI is InChI=1S/C12H19NO3/c1-4-11(14)12(13)8-5-9(15-2)7-10(6-8)16-3/h5-7,11-12,14H,4,13H2,1-3H3/t11-,12+/m1/s1. The van der Waals surface area contributed by atoms with Crippen molar-refractivity contribution in [2.45, 2.75) is 25.5 Å². The van der Waals surface area contributed by atoms with Crippen LogP contribution in [-0.4, -0.2) is 25.4 Å². The molecule has 0 unspecified atom stereocenters. The van der Waals surface area contributed by atoms with Crippen molar-refractivity contribution in [2.24, 2.45) is 5.73 Å². The summed E-state index contributed by atoms with van der Waals surface area (Å²) in [5.41, 5.74) is 6.75. The van der Waals surface area contributed by atoms with Crippen LogP contribution >= 0.6 is 0 Å². The maximum Gasteiger partial charge on any atom is 0.122 e. The minimum Gasteiger partial charge on any atom is -0.497 e. The van der Waals surface area contributed by atoms with Gasteiger partial charge in [0, 0.05) is 6.07 Å². The molecule has 1 aromatic carbocycles. The first-order valence-electron chi connectivity index (χ1n) is 5.29. The second-order valence-electron chi connectivity index (χ2n) is 3.65. The molecule has 0 radical (unpaired) electrons. The molecular weight excluding hydrogens is 206 g/mol. The molecule has 4 nitrogen and oxygen atoms in total. The lowest BCUT2D eigenvalue weighted by molar-refractivity contribution is 0.140. The Kier molecular flexibility index (Phi) is 4.58. The van der Waals surface area contributed by atoms with Gasteiger partial charge in [0.2, 0.25) is 0 Å². The molecule has 0 saturated heterocycles. The first-order chi connectivity index (χ1) is 7.62. The van der Waals surface area contributed by atoms with E-state index in [9.17, 15) is 5.11 Å². The van der Waals surface area contributed by atoms with Gasteiger partial charge in [-0.25, -0.2) is 0 Å². The molecule has 3 N–H and O–H groups in total. The number of aliphatic hydroxyl groups is 1. The molecule has 4 heteroatoms. The van der Waals surface area contributed by atoms with Crippen molar-refractivity contribution in [3.63, 3.8) is 0 Å². The lowest BCUT2D eigenvalue weighted by Crippen LogP contribution is -2.25. The van der Waals surface area contributed by atoms with Crippen molar-refractivity contribution in [1.82, 2.24) is 0 Å². The van der Waals surface area contributed by atoms with E-state index in [2.05, 4.69) is 0 Å². The van der Waals surface area contributed by atoms with E-state index in [1.165, 1.54) is 0 Å². The van der Waals surface area contributed by atoms with Crippen molar-refractivity contribution in [2.75, 3.05) is 14.2 Å². The zero-order valence-corrected chi connectivity index (χ0v) is 9.93. The van der Waals surface area contributed by atoms with Crippen LogP contribution in [0.5, 0.6) is 11.5 Å². The molecule has 0 aliphatic heterocycles. The molecule has 1 rings (SSSR count). The molecule has 0 bridgehead atoms. The van der Waals surface area contributed by atoms with E-state index in [1.807, 2.05) is 19.1 Å². The van der Waals surface area contributed by atoms with Crippen LogP contribution in [0.1, 0.15) is 24.9 Å². The molecule has 0 aliphatic rings. The number of rotatable bonds is 5. The monoisotopic (exact) mass is 225 g/mol. The average Bonchev–Trinajstić information content (AvgIpc) is 2.35. The van der Waals surface area contributed by atoms with Gasteiger partial charge in [0.05, 0.1) is 26.4 Å². The summed E-state index contributed by atoms with van der Waals surface area (Å²) in [6, 6.07) is 4.97. The highest BCUT2D eigenvalue weighted by atomic mass is 16.5. The van der Waals surface area contributed by atoms with E-state index in [4.69, 9.17) is 15.2 Å². The molecule has 0 saturated carbocycles. The molecule has 0 fully saturated rings. The number of nitrogens with two attached hydrogens (primary N) is 1. The normalized spacial score (nSPS) is 14.3. The third-order valence-electron chi connectivity index (χ3n) is 2.59. The number of ether oxygens (including phenoxy) is 2. The van der Waals surface area contributed by atoms with Crippen molar-refractivity contribution in [3.8, 4) is 11.5 Å². The zero-order chi connectivity index (χ0) is 12.1. The summed E-state index contributed by atoms with van der Waals surface area (Å²) in [6.45, 7) is 1.89. The summed E-state index contributed by atoms with van der Waals surface area (Å²) >= 11 is 0. The quantitative estimate of drug-likeness (QED) is 0.796. The highest BCUT2D eigenvalue weighted by molar-refractivity contribution is 5.40. The van der Waals surface area contributed by atoms with E-state index in [0.29, 0.717) is 17.9 Å². The summed E-state index contributed by atoms with van der Waals surface area (Å²) in [7, 11) is 3.17. The van der Waals surface area contributed by atoms with Gasteiger partial charge in [-0.15, -0.1) is 0 Å². The Bertz CT molecular complexity index is 319. The predicted octanol–water partition coefficient (Wildman–Crippen LogP) is 1.47. The van der Waals surface area contributed by atoms with Gasteiger partial charge in [-0.05, 0) is 24.1 Å². The maximum absolute atomic E-state index is 9.70. The Morgan fingerprint density at radius 3 is 2.06 bits per heavy atom. The fourth-order valence-electron chi connectivity index (χ4n) is 1.50. The van der Waals surface area contributed by atoms with E-state index >= 15 is 0 Å². The van der Waals surface area contributed by atoms with Gasteiger partial charge < -0.3 is 20.3 Å². The Labute approximate surface area is 96.0 Å². The molecule has 16 heavy (non-hydrogen) atoms. The number of aliphatic hydroxyl groups excluding tert-OH is 1. The summed E-state index contributed by atoms with van der Waals surface area (Å²) in [4.78, 5) is 0. The summed E-state index contributed by atoms with van der Waals surface area (Å²) in [5, 5.41) is 9.70. The second kappa shape index (κ2) is 5.72. The fraction of sp³-hybridized carbons (Fsp3) is 0.500. The van der Waals surface area contributed by atoms with Crippen LogP contribution in [0.25, 0.3) is 0 Å².